The van der Waals surface area contributed by atoms with Gasteiger partial charge in [-0.1, -0.05) is 6.92 Å². The number of alkyl halides is 3. The zero-order chi connectivity index (χ0) is 22.7. The van der Waals surface area contributed by atoms with Gasteiger partial charge in [0.05, 0.1) is 22.8 Å². The molecule has 0 aromatic heterocycles. The lowest BCUT2D eigenvalue weighted by molar-refractivity contribution is -0.137. The molecule has 2 rings (SSSR count). The second-order valence-electron chi connectivity index (χ2n) is 6.64. The first-order valence-electron chi connectivity index (χ1n) is 9.11. The number of rotatable bonds is 7. The molecular weight excluding hydrogens is 421 g/mol. The van der Waals surface area contributed by atoms with Gasteiger partial charge in [0.15, 0.2) is 0 Å². The highest BCUT2D eigenvalue weighted by Gasteiger charge is 2.31. The van der Waals surface area contributed by atoms with Gasteiger partial charge in [0.1, 0.15) is 5.75 Å². The van der Waals surface area contributed by atoms with E-state index in [0.717, 1.165) is 18.2 Å². The van der Waals surface area contributed by atoms with Crippen LogP contribution in [-0.4, -0.2) is 28.0 Å². The van der Waals surface area contributed by atoms with Gasteiger partial charge in [-0.05, 0) is 68.8 Å². The summed E-state index contributed by atoms with van der Waals surface area (Å²) in [4.78, 5) is 12.7. The Morgan fingerprint density at radius 2 is 1.80 bits per heavy atom. The fourth-order valence-electron chi connectivity index (χ4n) is 2.68. The molecular formula is C20H23F3N2O4S. The van der Waals surface area contributed by atoms with E-state index >= 15 is 0 Å². The van der Waals surface area contributed by atoms with Crippen LogP contribution in [0.4, 0.5) is 18.9 Å². The summed E-state index contributed by atoms with van der Waals surface area (Å²) in [5, 5.41) is 2.41. The fourth-order valence-corrected chi connectivity index (χ4v) is 3.75. The largest absolute Gasteiger partial charge is 0.491 e. The molecule has 6 nitrogen and oxygen atoms in total. The number of sulfonamides is 1. The third-order valence-corrected chi connectivity index (χ3v) is 6.00. The lowest BCUT2D eigenvalue weighted by Gasteiger charge is -2.16. The summed E-state index contributed by atoms with van der Waals surface area (Å²) in [5.41, 5.74) is -0.0969. The number of carbonyl (C=O) groups excluding carboxylic acids is 1. The number of halogens is 3. The highest BCUT2D eigenvalue weighted by atomic mass is 32.2. The Labute approximate surface area is 173 Å². The van der Waals surface area contributed by atoms with E-state index < -0.39 is 27.7 Å². The number of hydrogen-bond acceptors (Lipinski definition) is 4. The lowest BCUT2D eigenvalue weighted by Crippen LogP contribution is -2.21. The van der Waals surface area contributed by atoms with Crippen molar-refractivity contribution >= 4 is 21.6 Å². The Morgan fingerprint density at radius 3 is 2.37 bits per heavy atom. The van der Waals surface area contributed by atoms with E-state index in [-0.39, 0.29) is 28.5 Å². The molecule has 0 unspecified atom stereocenters. The number of carbonyl (C=O) groups is 1. The molecule has 164 valence electrons. The Morgan fingerprint density at radius 1 is 1.13 bits per heavy atom. The van der Waals surface area contributed by atoms with Crippen LogP contribution in [0.3, 0.4) is 0 Å². The molecule has 2 N–H and O–H groups in total. The maximum atomic E-state index is 13.1. The molecule has 1 amide bonds. The van der Waals surface area contributed by atoms with Crippen molar-refractivity contribution in [3.8, 4) is 5.75 Å². The minimum Gasteiger partial charge on any atom is -0.491 e. The van der Waals surface area contributed by atoms with Crippen molar-refractivity contribution in [3.63, 3.8) is 0 Å². The van der Waals surface area contributed by atoms with E-state index in [1.54, 1.807) is 13.8 Å². The van der Waals surface area contributed by atoms with E-state index in [9.17, 15) is 26.4 Å². The number of ether oxygens (including phenoxy) is 1. The average Bonchev–Trinajstić information content (AvgIpc) is 2.67. The first-order chi connectivity index (χ1) is 13.9. The highest BCUT2D eigenvalue weighted by molar-refractivity contribution is 7.89. The van der Waals surface area contributed by atoms with Crippen molar-refractivity contribution in [2.24, 2.45) is 0 Å². The number of amides is 1. The van der Waals surface area contributed by atoms with Gasteiger partial charge in [0.2, 0.25) is 10.0 Å². The van der Waals surface area contributed by atoms with Gasteiger partial charge < -0.3 is 10.1 Å². The van der Waals surface area contributed by atoms with Gasteiger partial charge in [-0.2, -0.15) is 13.2 Å². The highest BCUT2D eigenvalue weighted by Crippen LogP contribution is 2.35. The molecule has 0 fully saturated rings. The van der Waals surface area contributed by atoms with Gasteiger partial charge in [0.25, 0.3) is 5.91 Å². The Balaban J connectivity index is 2.49. The molecule has 0 spiro atoms. The Kier molecular flexibility index (Phi) is 7.14. The van der Waals surface area contributed by atoms with Crippen LogP contribution in [0.25, 0.3) is 0 Å². The molecule has 10 heteroatoms. The van der Waals surface area contributed by atoms with E-state index in [4.69, 9.17) is 4.74 Å². The third kappa shape index (κ3) is 5.31. The number of aryl methyl sites for hydroxylation is 1. The molecule has 0 atom stereocenters. The van der Waals surface area contributed by atoms with Crippen molar-refractivity contribution in [1.29, 1.82) is 0 Å². The summed E-state index contributed by atoms with van der Waals surface area (Å²) in [5.74, 6) is -0.670. The summed E-state index contributed by atoms with van der Waals surface area (Å²) in [6, 6.07) is 5.46. The smallest absolute Gasteiger partial charge is 0.416 e. The van der Waals surface area contributed by atoms with Gasteiger partial charge in [-0.25, -0.2) is 13.1 Å². The molecule has 2 aromatic carbocycles. The normalized spacial score (nSPS) is 12.0. The molecule has 0 bridgehead atoms. The molecule has 0 heterocycles. The van der Waals surface area contributed by atoms with Crippen LogP contribution in [0, 0.1) is 13.8 Å². The third-order valence-electron chi connectivity index (χ3n) is 4.46. The quantitative estimate of drug-likeness (QED) is 0.668. The van der Waals surface area contributed by atoms with Crippen molar-refractivity contribution in [1.82, 2.24) is 4.72 Å². The molecule has 2 aromatic rings. The second kappa shape index (κ2) is 9.05. The number of hydrogen-bond donors (Lipinski definition) is 2. The molecule has 30 heavy (non-hydrogen) atoms. The van der Waals surface area contributed by atoms with Gasteiger partial charge >= 0.3 is 6.18 Å². The van der Waals surface area contributed by atoms with Crippen LogP contribution in [0.1, 0.15) is 40.4 Å². The van der Waals surface area contributed by atoms with Crippen LogP contribution in [0.2, 0.25) is 0 Å². The number of anilines is 1. The first-order valence-corrected chi connectivity index (χ1v) is 10.6. The topological polar surface area (TPSA) is 84.5 Å². The van der Waals surface area contributed by atoms with Gasteiger partial charge in [-0.3, -0.25) is 4.79 Å². The molecule has 0 radical (unpaired) electrons. The van der Waals surface area contributed by atoms with Crippen molar-refractivity contribution in [2.75, 3.05) is 19.0 Å². The van der Waals surface area contributed by atoms with E-state index in [2.05, 4.69) is 10.0 Å². The summed E-state index contributed by atoms with van der Waals surface area (Å²) < 4.78 is 71.4. The van der Waals surface area contributed by atoms with Crippen LogP contribution < -0.4 is 14.8 Å². The molecule has 0 aliphatic rings. The molecule has 0 aliphatic heterocycles. The van der Waals surface area contributed by atoms with Crippen molar-refractivity contribution in [2.45, 2.75) is 38.3 Å². The predicted molar refractivity (Wildman–Crippen MR) is 107 cm³/mol. The summed E-state index contributed by atoms with van der Waals surface area (Å²) in [6.07, 6.45) is -3.98. The molecule has 0 saturated heterocycles. The summed E-state index contributed by atoms with van der Waals surface area (Å²) in [6.45, 7) is 5.33. The Bertz CT molecular complexity index is 1050. The maximum Gasteiger partial charge on any atom is 0.416 e. The van der Waals surface area contributed by atoms with Crippen LogP contribution in [0.15, 0.2) is 35.2 Å². The molecule has 0 saturated carbocycles. The predicted octanol–water partition coefficient (Wildman–Crippen LogP) is 4.27. The summed E-state index contributed by atoms with van der Waals surface area (Å²) >= 11 is 0. The van der Waals surface area contributed by atoms with Crippen LogP contribution in [0.5, 0.6) is 5.75 Å². The van der Waals surface area contributed by atoms with Gasteiger partial charge in [0, 0.05) is 5.56 Å². The van der Waals surface area contributed by atoms with E-state index in [1.165, 1.54) is 19.2 Å². The SMILES string of the molecule is CCCOc1ccc(C(F)(F)F)cc1NC(=O)c1cc(C)c(C)c(S(=O)(=O)NC)c1. The van der Waals surface area contributed by atoms with Crippen molar-refractivity contribution in [3.05, 3.63) is 52.6 Å². The number of benzene rings is 2. The van der Waals surface area contributed by atoms with E-state index in [1.807, 2.05) is 6.92 Å². The zero-order valence-electron chi connectivity index (χ0n) is 17.0. The standard InChI is InChI=1S/C20H23F3N2O4S/c1-5-8-29-17-7-6-15(20(21,22)23)11-16(17)25-19(26)14-9-12(2)13(3)18(10-14)30(27,28)24-4/h6-7,9-11,24H,5,8H2,1-4H3,(H,25,26). The minimum atomic E-state index is -4.60. The van der Waals surface area contributed by atoms with Crippen molar-refractivity contribution < 1.29 is 31.1 Å². The second-order valence-corrected chi connectivity index (χ2v) is 8.49. The lowest BCUT2D eigenvalue weighted by atomic mass is 10.1. The molecule has 0 aliphatic carbocycles. The fraction of sp³-hybridized carbons (Fsp3) is 0.350. The Hall–Kier alpha value is -2.59. The first kappa shape index (κ1) is 23.7. The van der Waals surface area contributed by atoms with Gasteiger partial charge in [-0.15, -0.1) is 0 Å². The average molecular weight is 444 g/mol. The minimum absolute atomic E-state index is 0.00854. The van der Waals surface area contributed by atoms with Crippen LogP contribution >= 0.6 is 0 Å². The number of nitrogens with one attached hydrogen (secondary N) is 2. The maximum absolute atomic E-state index is 13.1. The summed E-state index contributed by atoms with van der Waals surface area (Å²) in [7, 11) is -2.58. The zero-order valence-corrected chi connectivity index (χ0v) is 17.8. The van der Waals surface area contributed by atoms with E-state index in [0.29, 0.717) is 17.5 Å². The monoisotopic (exact) mass is 444 g/mol. The van der Waals surface area contributed by atoms with Crippen LogP contribution in [-0.2, 0) is 16.2 Å².